The summed E-state index contributed by atoms with van der Waals surface area (Å²) in [5, 5.41) is 3.06. The summed E-state index contributed by atoms with van der Waals surface area (Å²) in [5.41, 5.74) is 0.622. The highest BCUT2D eigenvalue weighted by atomic mass is 32.1. The number of nitrogens with zero attached hydrogens (tertiary/aromatic N) is 2. The molecule has 0 aliphatic rings. The topological polar surface area (TPSA) is 62.3 Å². The molecule has 0 unspecified atom stereocenters. The van der Waals surface area contributed by atoms with E-state index in [4.69, 9.17) is 0 Å². The number of rotatable bonds is 4. The molecule has 1 rings (SSSR count). The van der Waals surface area contributed by atoms with Crippen LogP contribution in [0, 0.1) is 6.92 Å². The molecule has 1 aromatic rings. The zero-order valence-electron chi connectivity index (χ0n) is 11.4. The standard InChI is InChI=1S/C13H17N3O2S/c1-5-6-7-8-10(17)15-13-14-9(2)11(19-13)12(18)16(3)4/h5-8H,1-4H3,(H,14,15,17)/b6-5+,8-7+. The molecule has 6 heteroatoms. The Balaban J connectivity index is 2.79. The Bertz CT molecular complexity index is 530. The second kappa shape index (κ2) is 6.84. The predicted octanol–water partition coefficient (Wildman–Crippen LogP) is 2.22. The van der Waals surface area contributed by atoms with E-state index in [9.17, 15) is 9.59 Å². The van der Waals surface area contributed by atoms with Gasteiger partial charge in [-0.05, 0) is 13.8 Å². The van der Waals surface area contributed by atoms with Gasteiger partial charge < -0.3 is 4.90 Å². The number of hydrogen-bond donors (Lipinski definition) is 1. The molecule has 1 heterocycles. The van der Waals surface area contributed by atoms with Gasteiger partial charge in [0, 0.05) is 20.2 Å². The first-order valence-corrected chi connectivity index (χ1v) is 6.56. The molecule has 0 atom stereocenters. The molecule has 5 nitrogen and oxygen atoms in total. The molecule has 0 aliphatic carbocycles. The van der Waals surface area contributed by atoms with Crippen LogP contribution in [-0.2, 0) is 4.79 Å². The summed E-state index contributed by atoms with van der Waals surface area (Å²) in [6, 6.07) is 0. The van der Waals surface area contributed by atoms with Crippen LogP contribution < -0.4 is 5.32 Å². The monoisotopic (exact) mass is 279 g/mol. The van der Waals surface area contributed by atoms with Crippen molar-refractivity contribution in [3.8, 4) is 0 Å². The van der Waals surface area contributed by atoms with Gasteiger partial charge in [-0.3, -0.25) is 14.9 Å². The van der Waals surface area contributed by atoms with Crippen molar-refractivity contribution in [1.82, 2.24) is 9.88 Å². The quantitative estimate of drug-likeness (QED) is 0.679. The molecule has 0 saturated carbocycles. The second-order valence-corrected chi connectivity index (χ2v) is 5.01. The molecule has 0 fully saturated rings. The summed E-state index contributed by atoms with van der Waals surface area (Å²) >= 11 is 1.18. The van der Waals surface area contributed by atoms with E-state index in [2.05, 4.69) is 10.3 Å². The Labute approximate surface area is 116 Å². The summed E-state index contributed by atoms with van der Waals surface area (Å²) in [6.45, 7) is 3.62. The van der Waals surface area contributed by atoms with Crippen molar-refractivity contribution < 1.29 is 9.59 Å². The number of carbonyl (C=O) groups is 2. The molecular weight excluding hydrogens is 262 g/mol. The Morgan fingerprint density at radius 1 is 1.32 bits per heavy atom. The third kappa shape index (κ3) is 4.33. The smallest absolute Gasteiger partial charge is 0.265 e. The van der Waals surface area contributed by atoms with Crippen LogP contribution in [0.5, 0.6) is 0 Å². The Hall–Kier alpha value is -1.95. The van der Waals surface area contributed by atoms with E-state index < -0.39 is 0 Å². The Morgan fingerprint density at radius 2 is 2.00 bits per heavy atom. The van der Waals surface area contributed by atoms with Crippen LogP contribution >= 0.6 is 11.3 Å². The number of thiazole rings is 1. The molecular formula is C13H17N3O2S. The summed E-state index contributed by atoms with van der Waals surface area (Å²) in [6.07, 6.45) is 6.63. The molecule has 102 valence electrons. The van der Waals surface area contributed by atoms with Crippen molar-refractivity contribution in [2.45, 2.75) is 13.8 Å². The normalized spacial score (nSPS) is 11.2. The molecule has 19 heavy (non-hydrogen) atoms. The van der Waals surface area contributed by atoms with Crippen molar-refractivity contribution in [2.24, 2.45) is 0 Å². The number of carbonyl (C=O) groups excluding carboxylic acids is 2. The Kier molecular flexibility index (Phi) is 5.44. The first-order valence-electron chi connectivity index (χ1n) is 5.75. The van der Waals surface area contributed by atoms with Crippen LogP contribution in [0.4, 0.5) is 5.13 Å². The molecule has 0 aromatic carbocycles. The van der Waals surface area contributed by atoms with Crippen molar-refractivity contribution in [2.75, 3.05) is 19.4 Å². The number of allylic oxidation sites excluding steroid dienone is 3. The van der Waals surface area contributed by atoms with Crippen molar-refractivity contribution in [1.29, 1.82) is 0 Å². The van der Waals surface area contributed by atoms with Gasteiger partial charge in [-0.2, -0.15) is 0 Å². The Morgan fingerprint density at radius 3 is 2.58 bits per heavy atom. The fraction of sp³-hybridized carbons (Fsp3) is 0.308. The van der Waals surface area contributed by atoms with Gasteiger partial charge in [0.1, 0.15) is 4.88 Å². The summed E-state index contributed by atoms with van der Waals surface area (Å²) in [7, 11) is 3.36. The van der Waals surface area contributed by atoms with E-state index in [1.807, 2.05) is 13.0 Å². The van der Waals surface area contributed by atoms with E-state index in [1.54, 1.807) is 33.2 Å². The number of nitrogens with one attached hydrogen (secondary N) is 1. The predicted molar refractivity (Wildman–Crippen MR) is 77.5 cm³/mol. The van der Waals surface area contributed by atoms with Crippen molar-refractivity contribution in [3.05, 3.63) is 34.9 Å². The molecule has 2 amide bonds. The van der Waals surface area contributed by atoms with E-state index in [-0.39, 0.29) is 11.8 Å². The van der Waals surface area contributed by atoms with Gasteiger partial charge in [-0.15, -0.1) is 0 Å². The number of aromatic nitrogens is 1. The summed E-state index contributed by atoms with van der Waals surface area (Å²) < 4.78 is 0. The zero-order chi connectivity index (χ0) is 14.4. The van der Waals surface area contributed by atoms with Gasteiger partial charge in [0.2, 0.25) is 5.91 Å². The average molecular weight is 279 g/mol. The molecule has 0 saturated heterocycles. The van der Waals surface area contributed by atoms with E-state index in [1.165, 1.54) is 22.3 Å². The van der Waals surface area contributed by atoms with Crippen LogP contribution in [0.25, 0.3) is 0 Å². The minimum atomic E-state index is -0.268. The molecule has 0 spiro atoms. The van der Waals surface area contributed by atoms with Gasteiger partial charge in [0.25, 0.3) is 5.91 Å². The number of hydrogen-bond acceptors (Lipinski definition) is 4. The lowest BCUT2D eigenvalue weighted by atomic mass is 10.3. The zero-order valence-corrected chi connectivity index (χ0v) is 12.2. The van der Waals surface area contributed by atoms with Gasteiger partial charge in [-0.25, -0.2) is 4.98 Å². The van der Waals surface area contributed by atoms with E-state index >= 15 is 0 Å². The lowest BCUT2D eigenvalue weighted by Crippen LogP contribution is -2.21. The van der Waals surface area contributed by atoms with Crippen molar-refractivity contribution >= 4 is 28.3 Å². The van der Waals surface area contributed by atoms with Crippen LogP contribution in [0.1, 0.15) is 22.3 Å². The lowest BCUT2D eigenvalue weighted by molar-refractivity contribution is -0.111. The number of anilines is 1. The third-order valence-corrected chi connectivity index (χ3v) is 3.24. The highest BCUT2D eigenvalue weighted by molar-refractivity contribution is 7.17. The maximum absolute atomic E-state index is 11.8. The molecule has 1 aromatic heterocycles. The van der Waals surface area contributed by atoms with E-state index in [0.29, 0.717) is 15.7 Å². The van der Waals surface area contributed by atoms with Crippen molar-refractivity contribution in [3.63, 3.8) is 0 Å². The molecule has 0 bridgehead atoms. The first kappa shape index (κ1) is 15.1. The van der Waals surface area contributed by atoms with Crippen LogP contribution in [-0.4, -0.2) is 35.8 Å². The summed E-state index contributed by atoms with van der Waals surface area (Å²) in [5.74, 6) is -0.379. The van der Waals surface area contributed by atoms with Gasteiger partial charge in [0.15, 0.2) is 5.13 Å². The maximum atomic E-state index is 11.8. The van der Waals surface area contributed by atoms with Crippen LogP contribution in [0.15, 0.2) is 24.3 Å². The second-order valence-electron chi connectivity index (χ2n) is 4.01. The molecule has 0 aliphatic heterocycles. The fourth-order valence-corrected chi connectivity index (χ4v) is 2.24. The third-order valence-electron chi connectivity index (χ3n) is 2.18. The highest BCUT2D eigenvalue weighted by Crippen LogP contribution is 2.23. The number of amides is 2. The fourth-order valence-electron chi connectivity index (χ4n) is 1.25. The summed E-state index contributed by atoms with van der Waals surface area (Å²) in [4.78, 5) is 29.6. The largest absolute Gasteiger partial charge is 0.344 e. The van der Waals surface area contributed by atoms with Gasteiger partial charge >= 0.3 is 0 Å². The van der Waals surface area contributed by atoms with Crippen LogP contribution in [0.3, 0.4) is 0 Å². The molecule has 0 radical (unpaired) electrons. The minimum Gasteiger partial charge on any atom is -0.344 e. The van der Waals surface area contributed by atoms with Crippen LogP contribution in [0.2, 0.25) is 0 Å². The maximum Gasteiger partial charge on any atom is 0.265 e. The SMILES string of the molecule is C/C=C/C=C/C(=O)Nc1nc(C)c(C(=O)N(C)C)s1. The minimum absolute atomic E-state index is 0.111. The average Bonchev–Trinajstić information content (AvgIpc) is 2.69. The van der Waals surface area contributed by atoms with E-state index in [0.717, 1.165) is 0 Å². The number of aryl methyl sites for hydroxylation is 1. The molecule has 1 N–H and O–H groups in total. The van der Waals surface area contributed by atoms with Gasteiger partial charge in [0.05, 0.1) is 5.69 Å². The first-order chi connectivity index (χ1) is 8.95. The lowest BCUT2D eigenvalue weighted by Gasteiger charge is -2.07. The highest BCUT2D eigenvalue weighted by Gasteiger charge is 2.17. The van der Waals surface area contributed by atoms with Gasteiger partial charge in [-0.1, -0.05) is 29.6 Å².